The summed E-state index contributed by atoms with van der Waals surface area (Å²) < 4.78 is 51.1. The van der Waals surface area contributed by atoms with Crippen LogP contribution in [-0.4, -0.2) is 17.0 Å². The molecule has 0 fully saturated rings. The lowest BCUT2D eigenvalue weighted by Gasteiger charge is -2.19. The average molecular weight is 320 g/mol. The second-order valence-electron chi connectivity index (χ2n) is 4.36. The second kappa shape index (κ2) is 5.85. The lowest BCUT2D eigenvalue weighted by Crippen LogP contribution is -2.20. The average Bonchev–Trinajstić information content (AvgIpc) is 2.37. The monoisotopic (exact) mass is 319 g/mol. The van der Waals surface area contributed by atoms with E-state index in [1.165, 1.54) is 30.1 Å². The van der Waals surface area contributed by atoms with Crippen molar-refractivity contribution in [2.45, 2.75) is 12.7 Å². The van der Waals surface area contributed by atoms with E-state index < -0.39 is 23.0 Å². The fourth-order valence-corrected chi connectivity index (χ4v) is 1.91. The number of alkyl halides is 3. The summed E-state index contributed by atoms with van der Waals surface area (Å²) in [5, 5.41) is -0.495. The maximum Gasteiger partial charge on any atom is 0.433 e. The highest BCUT2D eigenvalue weighted by Gasteiger charge is 2.33. The molecule has 0 saturated carbocycles. The van der Waals surface area contributed by atoms with E-state index in [-0.39, 0.29) is 12.4 Å². The summed E-state index contributed by atoms with van der Waals surface area (Å²) in [6.07, 6.45) is -4.61. The number of anilines is 1. The highest BCUT2D eigenvalue weighted by molar-refractivity contribution is 6.28. The Kier molecular flexibility index (Phi) is 4.32. The van der Waals surface area contributed by atoms with E-state index in [2.05, 4.69) is 9.97 Å². The van der Waals surface area contributed by atoms with Gasteiger partial charge in [0.05, 0.1) is 0 Å². The fraction of sp³-hybridized carbons (Fsp3) is 0.231. The molecule has 0 aliphatic heterocycles. The first kappa shape index (κ1) is 15.5. The van der Waals surface area contributed by atoms with Crippen LogP contribution in [0, 0.1) is 5.82 Å². The van der Waals surface area contributed by atoms with Crippen LogP contribution in [0.3, 0.4) is 0 Å². The van der Waals surface area contributed by atoms with Gasteiger partial charge in [-0.15, -0.1) is 0 Å². The molecule has 3 nitrogen and oxygen atoms in total. The van der Waals surface area contributed by atoms with Gasteiger partial charge in [-0.3, -0.25) is 0 Å². The normalized spacial score (nSPS) is 11.5. The molecule has 0 amide bonds. The predicted molar refractivity (Wildman–Crippen MR) is 70.6 cm³/mol. The van der Waals surface area contributed by atoms with Crippen molar-refractivity contribution >= 4 is 17.4 Å². The Labute approximate surface area is 123 Å². The Bertz CT molecular complexity index is 646. The molecule has 8 heteroatoms. The summed E-state index contributed by atoms with van der Waals surface area (Å²) in [6, 6.07) is 6.56. The van der Waals surface area contributed by atoms with Gasteiger partial charge in [-0.2, -0.15) is 13.2 Å². The molecule has 0 atom stereocenters. The van der Waals surface area contributed by atoms with E-state index in [1.807, 2.05) is 0 Å². The first-order chi connectivity index (χ1) is 9.75. The largest absolute Gasteiger partial charge is 0.433 e. The number of hydrogen-bond acceptors (Lipinski definition) is 3. The van der Waals surface area contributed by atoms with Crippen molar-refractivity contribution in [1.29, 1.82) is 0 Å². The SMILES string of the molecule is CN(Cc1cccc(F)c1)c1cc(C(F)(F)F)nc(Cl)n1. The third-order valence-electron chi connectivity index (χ3n) is 2.68. The summed E-state index contributed by atoms with van der Waals surface area (Å²) in [5.41, 5.74) is -0.524. The third-order valence-corrected chi connectivity index (χ3v) is 2.84. The van der Waals surface area contributed by atoms with Gasteiger partial charge < -0.3 is 4.90 Å². The van der Waals surface area contributed by atoms with Gasteiger partial charge in [0.15, 0.2) is 5.69 Å². The maximum absolute atomic E-state index is 13.1. The molecule has 0 radical (unpaired) electrons. The van der Waals surface area contributed by atoms with Gasteiger partial charge in [-0.05, 0) is 29.3 Å². The van der Waals surface area contributed by atoms with Crippen LogP contribution in [0.2, 0.25) is 5.28 Å². The Morgan fingerprint density at radius 1 is 1.19 bits per heavy atom. The van der Waals surface area contributed by atoms with E-state index >= 15 is 0 Å². The molecule has 1 heterocycles. The zero-order valence-corrected chi connectivity index (χ0v) is 11.6. The smallest absolute Gasteiger partial charge is 0.355 e. The minimum absolute atomic E-state index is 0.00610. The zero-order valence-electron chi connectivity index (χ0n) is 10.8. The summed E-state index contributed by atoms with van der Waals surface area (Å²) in [5.74, 6) is -0.413. The highest BCUT2D eigenvalue weighted by Crippen LogP contribution is 2.30. The van der Waals surface area contributed by atoms with Gasteiger partial charge in [-0.25, -0.2) is 14.4 Å². The van der Waals surface area contributed by atoms with Gasteiger partial charge in [-0.1, -0.05) is 12.1 Å². The summed E-state index contributed by atoms with van der Waals surface area (Å²) >= 11 is 5.52. The van der Waals surface area contributed by atoms with E-state index in [0.29, 0.717) is 5.56 Å². The van der Waals surface area contributed by atoms with Gasteiger partial charge in [0.25, 0.3) is 0 Å². The Morgan fingerprint density at radius 3 is 2.52 bits per heavy atom. The van der Waals surface area contributed by atoms with Crippen LogP contribution in [0.4, 0.5) is 23.4 Å². The van der Waals surface area contributed by atoms with Crippen LogP contribution in [0.5, 0.6) is 0 Å². The van der Waals surface area contributed by atoms with Crippen LogP contribution in [0.15, 0.2) is 30.3 Å². The molecule has 0 unspecified atom stereocenters. The molecule has 1 aromatic heterocycles. The quantitative estimate of drug-likeness (QED) is 0.634. The van der Waals surface area contributed by atoms with E-state index in [9.17, 15) is 17.6 Å². The van der Waals surface area contributed by atoms with Crippen molar-refractivity contribution in [2.24, 2.45) is 0 Å². The molecule has 0 spiro atoms. The molecular formula is C13H10ClF4N3. The molecule has 1 aromatic carbocycles. The lowest BCUT2D eigenvalue weighted by molar-refractivity contribution is -0.141. The number of rotatable bonds is 3. The zero-order chi connectivity index (χ0) is 15.6. The fourth-order valence-electron chi connectivity index (χ4n) is 1.74. The second-order valence-corrected chi connectivity index (χ2v) is 4.70. The molecule has 0 N–H and O–H groups in total. The van der Waals surface area contributed by atoms with Crippen LogP contribution >= 0.6 is 11.6 Å². The van der Waals surface area contributed by atoms with Crippen molar-refractivity contribution in [1.82, 2.24) is 9.97 Å². The highest BCUT2D eigenvalue weighted by atomic mass is 35.5. The molecule has 0 aliphatic rings. The van der Waals surface area contributed by atoms with Crippen molar-refractivity contribution in [3.8, 4) is 0 Å². The third kappa shape index (κ3) is 4.04. The molecule has 0 bridgehead atoms. The summed E-state index contributed by atoms with van der Waals surface area (Å²) in [6.45, 7) is 0.183. The minimum Gasteiger partial charge on any atom is -0.355 e. The first-order valence-electron chi connectivity index (χ1n) is 5.83. The van der Waals surface area contributed by atoms with Gasteiger partial charge in [0.2, 0.25) is 5.28 Å². The number of nitrogens with zero attached hydrogens (tertiary/aromatic N) is 3. The van der Waals surface area contributed by atoms with Crippen molar-refractivity contribution < 1.29 is 17.6 Å². The van der Waals surface area contributed by atoms with Crippen LogP contribution in [0.25, 0.3) is 0 Å². The predicted octanol–water partition coefficient (Wildman–Crippen LogP) is 3.92. The molecule has 2 aromatic rings. The number of halogens is 5. The Hall–Kier alpha value is -1.89. The Balaban J connectivity index is 2.27. The molecule has 0 saturated heterocycles. The van der Waals surface area contributed by atoms with Crippen molar-refractivity contribution in [2.75, 3.05) is 11.9 Å². The molecule has 21 heavy (non-hydrogen) atoms. The van der Waals surface area contributed by atoms with Crippen molar-refractivity contribution in [3.63, 3.8) is 0 Å². The standard InChI is InChI=1S/C13H10ClF4N3/c1-21(7-8-3-2-4-9(15)5-8)11-6-10(13(16,17)18)19-12(14)20-11/h2-6H,7H2,1H3. The number of hydrogen-bond donors (Lipinski definition) is 0. The summed E-state index contributed by atoms with van der Waals surface area (Å²) in [7, 11) is 1.53. The van der Waals surface area contributed by atoms with Crippen LogP contribution in [0.1, 0.15) is 11.3 Å². The van der Waals surface area contributed by atoms with E-state index in [4.69, 9.17) is 11.6 Å². The number of aromatic nitrogens is 2. The minimum atomic E-state index is -4.61. The molecule has 2 rings (SSSR count). The van der Waals surface area contributed by atoms with E-state index in [0.717, 1.165) is 6.07 Å². The van der Waals surface area contributed by atoms with E-state index in [1.54, 1.807) is 6.07 Å². The van der Waals surface area contributed by atoms with Crippen molar-refractivity contribution in [3.05, 3.63) is 52.7 Å². The first-order valence-corrected chi connectivity index (χ1v) is 6.21. The molecule has 112 valence electrons. The molecular weight excluding hydrogens is 310 g/mol. The van der Waals surface area contributed by atoms with Crippen LogP contribution < -0.4 is 4.90 Å². The van der Waals surface area contributed by atoms with Gasteiger partial charge >= 0.3 is 6.18 Å². The maximum atomic E-state index is 13.1. The summed E-state index contributed by atoms with van der Waals surface area (Å²) in [4.78, 5) is 8.33. The van der Waals surface area contributed by atoms with Gasteiger partial charge in [0.1, 0.15) is 11.6 Å². The lowest BCUT2D eigenvalue weighted by atomic mass is 10.2. The Morgan fingerprint density at radius 2 is 1.90 bits per heavy atom. The van der Waals surface area contributed by atoms with Crippen LogP contribution in [-0.2, 0) is 12.7 Å². The molecule has 0 aliphatic carbocycles. The topological polar surface area (TPSA) is 29.0 Å². The van der Waals surface area contributed by atoms with Gasteiger partial charge in [0, 0.05) is 19.7 Å². The number of benzene rings is 1.